The van der Waals surface area contributed by atoms with E-state index in [1.807, 2.05) is 25.1 Å². The Morgan fingerprint density at radius 1 is 1.20 bits per heavy atom. The van der Waals surface area contributed by atoms with Gasteiger partial charge in [0, 0.05) is 11.9 Å². The highest BCUT2D eigenvalue weighted by atomic mass is 35.5. The number of hydrogen-bond acceptors (Lipinski definition) is 3. The van der Waals surface area contributed by atoms with Gasteiger partial charge in [-0.1, -0.05) is 25.1 Å². The highest BCUT2D eigenvalue weighted by Gasteiger charge is 2.16. The van der Waals surface area contributed by atoms with Gasteiger partial charge in [0.15, 0.2) is 0 Å². The average Bonchev–Trinajstić information content (AvgIpc) is 2.47. The molecule has 0 spiro atoms. The van der Waals surface area contributed by atoms with Gasteiger partial charge in [-0.2, -0.15) is 0 Å². The summed E-state index contributed by atoms with van der Waals surface area (Å²) in [7, 11) is 0. The second-order valence-electron chi connectivity index (χ2n) is 4.30. The summed E-state index contributed by atoms with van der Waals surface area (Å²) in [5, 5.41) is 11.1. The first kappa shape index (κ1) is 14.3. The van der Waals surface area contributed by atoms with E-state index in [-0.39, 0.29) is 17.3 Å². The Kier molecular flexibility index (Phi) is 4.58. The van der Waals surface area contributed by atoms with E-state index in [4.69, 9.17) is 16.3 Å². The van der Waals surface area contributed by atoms with E-state index in [9.17, 15) is 10.1 Å². The summed E-state index contributed by atoms with van der Waals surface area (Å²) < 4.78 is 5.63. The van der Waals surface area contributed by atoms with Crippen LogP contribution in [0.4, 0.5) is 5.69 Å². The van der Waals surface area contributed by atoms with Crippen LogP contribution in [0.3, 0.4) is 0 Å². The molecule has 0 saturated carbocycles. The minimum atomic E-state index is -0.463. The molecule has 5 heteroatoms. The van der Waals surface area contributed by atoms with E-state index >= 15 is 0 Å². The third-order valence-corrected chi connectivity index (χ3v) is 3.22. The minimum absolute atomic E-state index is 0.0787. The summed E-state index contributed by atoms with van der Waals surface area (Å²) >= 11 is 5.69. The quantitative estimate of drug-likeness (QED) is 0.456. The van der Waals surface area contributed by atoms with Crippen LogP contribution in [0.5, 0.6) is 11.5 Å². The van der Waals surface area contributed by atoms with Gasteiger partial charge >= 0.3 is 5.69 Å². The van der Waals surface area contributed by atoms with Crippen LogP contribution in [0.2, 0.25) is 0 Å². The highest BCUT2D eigenvalue weighted by molar-refractivity contribution is 6.17. The zero-order valence-electron chi connectivity index (χ0n) is 11.0. The summed E-state index contributed by atoms with van der Waals surface area (Å²) in [5.41, 5.74) is 1.72. The molecule has 0 aliphatic heterocycles. The standard InChI is InChI=1S/C15H14ClNO3/c1-2-11-4-3-5-13(8-11)20-15-7-6-12(10-16)9-14(15)17(18)19/h3-9H,2,10H2,1H3. The molecule has 0 bridgehead atoms. The van der Waals surface area contributed by atoms with Crippen LogP contribution in [0.1, 0.15) is 18.1 Å². The van der Waals surface area contributed by atoms with Crippen molar-refractivity contribution in [3.8, 4) is 11.5 Å². The van der Waals surface area contributed by atoms with Crippen molar-refractivity contribution in [2.24, 2.45) is 0 Å². The lowest BCUT2D eigenvalue weighted by Crippen LogP contribution is -1.95. The molecule has 0 aliphatic carbocycles. The number of halogens is 1. The van der Waals surface area contributed by atoms with Crippen LogP contribution in [0.25, 0.3) is 0 Å². The fourth-order valence-corrected chi connectivity index (χ4v) is 2.00. The van der Waals surface area contributed by atoms with Gasteiger partial charge in [-0.15, -0.1) is 11.6 Å². The van der Waals surface area contributed by atoms with Crippen molar-refractivity contribution < 1.29 is 9.66 Å². The Morgan fingerprint density at radius 3 is 2.65 bits per heavy atom. The van der Waals surface area contributed by atoms with E-state index < -0.39 is 4.92 Å². The number of hydrogen-bond donors (Lipinski definition) is 0. The molecule has 2 aromatic carbocycles. The maximum atomic E-state index is 11.1. The molecule has 4 nitrogen and oxygen atoms in total. The normalized spacial score (nSPS) is 10.3. The lowest BCUT2D eigenvalue weighted by atomic mass is 10.1. The van der Waals surface area contributed by atoms with Gasteiger partial charge in [-0.25, -0.2) is 0 Å². The Bertz CT molecular complexity index is 628. The second kappa shape index (κ2) is 6.39. The number of alkyl halides is 1. The first-order valence-corrected chi connectivity index (χ1v) is 6.77. The monoisotopic (exact) mass is 291 g/mol. The lowest BCUT2D eigenvalue weighted by Gasteiger charge is -2.08. The van der Waals surface area contributed by atoms with Crippen LogP contribution in [0.15, 0.2) is 42.5 Å². The first-order valence-electron chi connectivity index (χ1n) is 6.24. The molecule has 0 unspecified atom stereocenters. The molecule has 0 atom stereocenters. The zero-order valence-corrected chi connectivity index (χ0v) is 11.8. The fourth-order valence-electron chi connectivity index (χ4n) is 1.83. The average molecular weight is 292 g/mol. The maximum Gasteiger partial charge on any atom is 0.311 e. The van der Waals surface area contributed by atoms with Crippen LogP contribution in [-0.2, 0) is 12.3 Å². The lowest BCUT2D eigenvalue weighted by molar-refractivity contribution is -0.385. The third-order valence-electron chi connectivity index (χ3n) is 2.91. The van der Waals surface area contributed by atoms with Crippen molar-refractivity contribution in [2.75, 3.05) is 0 Å². The van der Waals surface area contributed by atoms with E-state index in [0.717, 1.165) is 12.0 Å². The molecular formula is C15H14ClNO3. The highest BCUT2D eigenvalue weighted by Crippen LogP contribution is 2.32. The minimum Gasteiger partial charge on any atom is -0.450 e. The fraction of sp³-hybridized carbons (Fsp3) is 0.200. The summed E-state index contributed by atoms with van der Waals surface area (Å²) in [6.07, 6.45) is 0.879. The van der Waals surface area contributed by atoms with Crippen molar-refractivity contribution in [3.05, 3.63) is 63.7 Å². The molecule has 0 heterocycles. The predicted octanol–water partition coefficient (Wildman–Crippen LogP) is 4.69. The molecule has 0 N–H and O–H groups in total. The van der Waals surface area contributed by atoms with E-state index in [0.29, 0.717) is 11.3 Å². The first-order chi connectivity index (χ1) is 9.63. The van der Waals surface area contributed by atoms with E-state index in [2.05, 4.69) is 0 Å². The summed E-state index contributed by atoms with van der Waals surface area (Å²) in [6, 6.07) is 12.2. The van der Waals surface area contributed by atoms with Gasteiger partial charge in [0.2, 0.25) is 5.75 Å². The number of nitro benzene ring substituents is 1. The molecule has 0 aromatic heterocycles. The van der Waals surface area contributed by atoms with Crippen LogP contribution in [0, 0.1) is 10.1 Å². The third kappa shape index (κ3) is 3.27. The number of rotatable bonds is 5. The number of nitro groups is 1. The SMILES string of the molecule is CCc1cccc(Oc2ccc(CCl)cc2[N+](=O)[O-])c1. The van der Waals surface area contributed by atoms with Crippen molar-refractivity contribution in [1.82, 2.24) is 0 Å². The molecule has 0 fully saturated rings. The molecule has 2 rings (SSSR count). The van der Waals surface area contributed by atoms with E-state index in [1.54, 1.807) is 18.2 Å². The largest absolute Gasteiger partial charge is 0.450 e. The van der Waals surface area contributed by atoms with Gasteiger partial charge in [0.05, 0.1) is 4.92 Å². The van der Waals surface area contributed by atoms with Crippen molar-refractivity contribution in [1.29, 1.82) is 0 Å². The van der Waals surface area contributed by atoms with Crippen molar-refractivity contribution in [2.45, 2.75) is 19.2 Å². The van der Waals surface area contributed by atoms with Gasteiger partial charge in [-0.05, 0) is 35.7 Å². The van der Waals surface area contributed by atoms with Crippen LogP contribution >= 0.6 is 11.6 Å². The Labute approximate surface area is 122 Å². The van der Waals surface area contributed by atoms with Crippen LogP contribution < -0.4 is 4.74 Å². The number of aryl methyl sites for hydroxylation is 1. The summed E-state index contributed by atoms with van der Waals surface area (Å²) in [6.45, 7) is 2.04. The smallest absolute Gasteiger partial charge is 0.311 e. The molecule has 0 aliphatic rings. The Hall–Kier alpha value is -2.07. The van der Waals surface area contributed by atoms with E-state index in [1.165, 1.54) is 6.07 Å². The number of benzene rings is 2. The molecule has 20 heavy (non-hydrogen) atoms. The van der Waals surface area contributed by atoms with Gasteiger partial charge in [0.25, 0.3) is 0 Å². The topological polar surface area (TPSA) is 52.4 Å². The molecular weight excluding hydrogens is 278 g/mol. The maximum absolute atomic E-state index is 11.1. The summed E-state index contributed by atoms with van der Waals surface area (Å²) in [4.78, 5) is 10.6. The van der Waals surface area contributed by atoms with Gasteiger partial charge in [0.1, 0.15) is 5.75 Å². The Morgan fingerprint density at radius 2 is 2.00 bits per heavy atom. The summed E-state index contributed by atoms with van der Waals surface area (Å²) in [5.74, 6) is 1.04. The number of ether oxygens (including phenoxy) is 1. The predicted molar refractivity (Wildman–Crippen MR) is 78.5 cm³/mol. The molecule has 0 amide bonds. The van der Waals surface area contributed by atoms with Gasteiger partial charge < -0.3 is 4.74 Å². The van der Waals surface area contributed by atoms with Crippen molar-refractivity contribution >= 4 is 17.3 Å². The van der Waals surface area contributed by atoms with Crippen molar-refractivity contribution in [3.63, 3.8) is 0 Å². The van der Waals surface area contributed by atoms with Crippen LogP contribution in [-0.4, -0.2) is 4.92 Å². The molecule has 2 aromatic rings. The Balaban J connectivity index is 2.34. The second-order valence-corrected chi connectivity index (χ2v) is 4.56. The zero-order chi connectivity index (χ0) is 14.5. The molecule has 0 radical (unpaired) electrons. The molecule has 104 valence electrons. The molecule has 0 saturated heterocycles. The number of nitrogens with zero attached hydrogens (tertiary/aromatic N) is 1. The van der Waals surface area contributed by atoms with Gasteiger partial charge in [-0.3, -0.25) is 10.1 Å².